The van der Waals surface area contributed by atoms with E-state index < -0.39 is 0 Å². The molecule has 0 aliphatic rings. The normalized spacial score (nSPS) is 10.9. The van der Waals surface area contributed by atoms with Crippen molar-refractivity contribution in [3.05, 3.63) is 83.5 Å². The summed E-state index contributed by atoms with van der Waals surface area (Å²) in [5.41, 5.74) is 3.86. The molecule has 124 valence electrons. The van der Waals surface area contributed by atoms with Crippen LogP contribution in [0.15, 0.2) is 67.1 Å². The number of hydrogen-bond donors (Lipinski definition) is 0. The van der Waals surface area contributed by atoms with Crippen molar-refractivity contribution in [1.29, 1.82) is 0 Å². The molecule has 0 aliphatic carbocycles. The number of benzene rings is 1. The Morgan fingerprint density at radius 1 is 1.00 bits per heavy atom. The first-order valence-corrected chi connectivity index (χ1v) is 8.25. The molecule has 0 N–H and O–H groups in total. The third kappa shape index (κ3) is 3.61. The minimum Gasteiger partial charge on any atom is -0.473 e. The van der Waals surface area contributed by atoms with E-state index in [1.165, 1.54) is 6.33 Å². The van der Waals surface area contributed by atoms with Crippen molar-refractivity contribution in [1.82, 2.24) is 19.5 Å². The molecular weight excluding hydrogens is 336 g/mol. The van der Waals surface area contributed by atoms with Gasteiger partial charge in [0, 0.05) is 12.3 Å². The number of aromatic nitrogens is 4. The fourth-order valence-corrected chi connectivity index (χ4v) is 2.81. The Bertz CT molecular complexity index is 1000. The molecule has 3 aromatic heterocycles. The van der Waals surface area contributed by atoms with Crippen molar-refractivity contribution < 1.29 is 4.74 Å². The maximum absolute atomic E-state index is 5.92. The van der Waals surface area contributed by atoms with E-state index in [1.807, 2.05) is 54.7 Å². The lowest BCUT2D eigenvalue weighted by atomic mass is 10.2. The average Bonchev–Trinajstić information content (AvgIpc) is 3.03. The highest BCUT2D eigenvalue weighted by atomic mass is 35.5. The summed E-state index contributed by atoms with van der Waals surface area (Å²) in [5.74, 6) is 0.610. The highest BCUT2D eigenvalue weighted by molar-refractivity contribution is 6.29. The molecule has 3 heterocycles. The van der Waals surface area contributed by atoms with Crippen molar-refractivity contribution in [2.45, 2.75) is 13.2 Å². The second-order valence-corrected chi connectivity index (χ2v) is 5.99. The highest BCUT2D eigenvalue weighted by Gasteiger charge is 2.06. The number of hydrogen-bond acceptors (Lipinski definition) is 4. The van der Waals surface area contributed by atoms with Crippen LogP contribution in [0.5, 0.6) is 5.88 Å². The Balaban J connectivity index is 1.52. The number of nitrogens with zero attached hydrogens (tertiary/aromatic N) is 4. The molecule has 4 aromatic rings. The molecule has 0 spiro atoms. The number of halogens is 1. The van der Waals surface area contributed by atoms with Crippen LogP contribution in [0.2, 0.25) is 5.15 Å². The van der Waals surface area contributed by atoms with Crippen LogP contribution >= 0.6 is 11.6 Å². The average molecular weight is 351 g/mol. The van der Waals surface area contributed by atoms with Gasteiger partial charge in [-0.2, -0.15) is 0 Å². The fraction of sp³-hybridized carbons (Fsp3) is 0.105. The van der Waals surface area contributed by atoms with Crippen molar-refractivity contribution in [3.8, 4) is 5.88 Å². The second kappa shape index (κ2) is 6.91. The lowest BCUT2D eigenvalue weighted by molar-refractivity contribution is 0.295. The van der Waals surface area contributed by atoms with Gasteiger partial charge in [-0.05, 0) is 23.8 Å². The summed E-state index contributed by atoms with van der Waals surface area (Å²) in [5, 5.41) is 0.441. The van der Waals surface area contributed by atoms with Gasteiger partial charge in [-0.15, -0.1) is 0 Å². The maximum Gasteiger partial charge on any atom is 0.214 e. The molecule has 25 heavy (non-hydrogen) atoms. The summed E-state index contributed by atoms with van der Waals surface area (Å²) in [6.07, 6.45) is 3.45. The molecular formula is C19H15ClN4O. The number of pyridine rings is 1. The minimum atomic E-state index is 0.441. The quantitative estimate of drug-likeness (QED) is 0.508. The van der Waals surface area contributed by atoms with Gasteiger partial charge < -0.3 is 9.30 Å². The van der Waals surface area contributed by atoms with Crippen LogP contribution in [0.1, 0.15) is 11.3 Å². The summed E-state index contributed by atoms with van der Waals surface area (Å²) >= 11 is 5.92. The highest BCUT2D eigenvalue weighted by Crippen LogP contribution is 2.20. The maximum atomic E-state index is 5.92. The Morgan fingerprint density at radius 2 is 1.88 bits per heavy atom. The first-order chi connectivity index (χ1) is 12.3. The second-order valence-electron chi connectivity index (χ2n) is 5.60. The topological polar surface area (TPSA) is 52.8 Å². The van der Waals surface area contributed by atoms with E-state index in [0.717, 1.165) is 22.3 Å². The summed E-state index contributed by atoms with van der Waals surface area (Å²) in [7, 11) is 0. The van der Waals surface area contributed by atoms with E-state index in [4.69, 9.17) is 16.3 Å². The van der Waals surface area contributed by atoms with E-state index in [-0.39, 0.29) is 0 Å². The first kappa shape index (κ1) is 15.6. The SMILES string of the molecule is Clc1cc(Cn2ccc3nc(OCc4ccccc4)ccc32)ncn1. The lowest BCUT2D eigenvalue weighted by Gasteiger charge is -2.07. The van der Waals surface area contributed by atoms with Crippen LogP contribution in [0.3, 0.4) is 0 Å². The van der Waals surface area contributed by atoms with Crippen LogP contribution in [0.4, 0.5) is 0 Å². The molecule has 0 unspecified atom stereocenters. The van der Waals surface area contributed by atoms with Crippen molar-refractivity contribution >= 4 is 22.6 Å². The molecule has 0 amide bonds. The smallest absolute Gasteiger partial charge is 0.214 e. The zero-order valence-electron chi connectivity index (χ0n) is 13.3. The van der Waals surface area contributed by atoms with Gasteiger partial charge in [0.2, 0.25) is 5.88 Å². The lowest BCUT2D eigenvalue weighted by Crippen LogP contribution is -2.01. The van der Waals surface area contributed by atoms with Crippen LogP contribution in [-0.4, -0.2) is 19.5 Å². The van der Waals surface area contributed by atoms with Crippen LogP contribution in [-0.2, 0) is 13.2 Å². The van der Waals surface area contributed by atoms with Gasteiger partial charge in [0.15, 0.2) is 0 Å². The molecule has 0 saturated carbocycles. The summed E-state index contributed by atoms with van der Waals surface area (Å²) in [6, 6.07) is 17.7. The summed E-state index contributed by atoms with van der Waals surface area (Å²) in [4.78, 5) is 12.7. The zero-order chi connectivity index (χ0) is 17.1. The first-order valence-electron chi connectivity index (χ1n) is 7.87. The standard InChI is InChI=1S/C19H15ClN4O/c20-18-10-15(21-13-22-18)11-24-9-8-16-17(24)6-7-19(23-16)25-12-14-4-2-1-3-5-14/h1-10,13H,11-12H2. The molecule has 0 fully saturated rings. The molecule has 0 aliphatic heterocycles. The van der Waals surface area contributed by atoms with E-state index in [1.54, 1.807) is 6.07 Å². The van der Waals surface area contributed by atoms with Crippen LogP contribution in [0.25, 0.3) is 11.0 Å². The Hall–Kier alpha value is -2.92. The number of fused-ring (bicyclic) bond motifs is 1. The van der Waals surface area contributed by atoms with E-state index in [0.29, 0.717) is 24.2 Å². The Labute approximate surface area is 149 Å². The molecule has 4 rings (SSSR count). The van der Waals surface area contributed by atoms with Crippen molar-refractivity contribution in [2.75, 3.05) is 0 Å². The van der Waals surface area contributed by atoms with Crippen LogP contribution < -0.4 is 4.74 Å². The van der Waals surface area contributed by atoms with Gasteiger partial charge in [0.1, 0.15) is 18.1 Å². The van der Waals surface area contributed by atoms with E-state index >= 15 is 0 Å². The third-order valence-electron chi connectivity index (χ3n) is 3.85. The molecule has 0 atom stereocenters. The monoisotopic (exact) mass is 350 g/mol. The third-order valence-corrected chi connectivity index (χ3v) is 4.06. The zero-order valence-corrected chi connectivity index (χ0v) is 14.1. The minimum absolute atomic E-state index is 0.441. The molecule has 0 saturated heterocycles. The molecule has 0 radical (unpaired) electrons. The van der Waals surface area contributed by atoms with Crippen molar-refractivity contribution in [3.63, 3.8) is 0 Å². The fourth-order valence-electron chi connectivity index (χ4n) is 2.64. The Morgan fingerprint density at radius 3 is 2.72 bits per heavy atom. The van der Waals surface area contributed by atoms with Gasteiger partial charge in [-0.3, -0.25) is 0 Å². The Kier molecular flexibility index (Phi) is 4.31. The van der Waals surface area contributed by atoms with Gasteiger partial charge in [-0.25, -0.2) is 15.0 Å². The van der Waals surface area contributed by atoms with Crippen LogP contribution in [0, 0.1) is 0 Å². The van der Waals surface area contributed by atoms with Gasteiger partial charge in [0.05, 0.1) is 23.3 Å². The summed E-state index contributed by atoms with van der Waals surface area (Å²) < 4.78 is 7.86. The predicted octanol–water partition coefficient (Wildman–Crippen LogP) is 4.11. The molecule has 5 nitrogen and oxygen atoms in total. The van der Waals surface area contributed by atoms with E-state index in [9.17, 15) is 0 Å². The van der Waals surface area contributed by atoms with Gasteiger partial charge in [0.25, 0.3) is 0 Å². The van der Waals surface area contributed by atoms with Gasteiger partial charge in [-0.1, -0.05) is 41.9 Å². The molecule has 0 bridgehead atoms. The number of rotatable bonds is 5. The number of ether oxygens (including phenoxy) is 1. The van der Waals surface area contributed by atoms with Gasteiger partial charge >= 0.3 is 0 Å². The summed E-state index contributed by atoms with van der Waals surface area (Å²) in [6.45, 7) is 1.11. The van der Waals surface area contributed by atoms with Crippen molar-refractivity contribution in [2.24, 2.45) is 0 Å². The molecule has 1 aromatic carbocycles. The predicted molar refractivity (Wildman–Crippen MR) is 96.7 cm³/mol. The largest absolute Gasteiger partial charge is 0.473 e. The molecule has 6 heteroatoms. The van der Waals surface area contributed by atoms with E-state index in [2.05, 4.69) is 19.5 Å².